The average molecular weight is 285 g/mol. The number of halogens is 1. The van der Waals surface area contributed by atoms with Crippen LogP contribution in [-0.2, 0) is 4.79 Å². The molecule has 1 amide bonds. The molecular weight excluding hydrogens is 277 g/mol. The van der Waals surface area contributed by atoms with Gasteiger partial charge in [-0.1, -0.05) is 5.92 Å². The molecule has 0 bridgehead atoms. The highest BCUT2D eigenvalue weighted by atomic mass is 127. The highest BCUT2D eigenvalue weighted by molar-refractivity contribution is 14.1. The van der Waals surface area contributed by atoms with Crippen LogP contribution in [0.15, 0.2) is 24.3 Å². The van der Waals surface area contributed by atoms with Gasteiger partial charge in [0.1, 0.15) is 0 Å². The van der Waals surface area contributed by atoms with E-state index in [2.05, 4.69) is 33.8 Å². The van der Waals surface area contributed by atoms with E-state index in [-0.39, 0.29) is 12.3 Å². The molecular formula is C10H8INO. The number of nitrogens with one attached hydrogen (secondary N) is 1. The van der Waals surface area contributed by atoms with Gasteiger partial charge in [0.2, 0.25) is 5.91 Å². The number of hydrogen-bond acceptors (Lipinski definition) is 1. The van der Waals surface area contributed by atoms with Gasteiger partial charge in [-0.2, -0.15) is 0 Å². The maximum absolute atomic E-state index is 11.0. The normalized spacial score (nSPS) is 8.92. The summed E-state index contributed by atoms with van der Waals surface area (Å²) < 4.78 is 1.13. The summed E-state index contributed by atoms with van der Waals surface area (Å²) in [6.07, 6.45) is 5.11. The third-order valence-electron chi connectivity index (χ3n) is 1.39. The lowest BCUT2D eigenvalue weighted by atomic mass is 10.3. The Kier molecular flexibility index (Phi) is 3.77. The van der Waals surface area contributed by atoms with Crippen molar-refractivity contribution in [2.45, 2.75) is 6.42 Å². The Bertz CT molecular complexity index is 337. The quantitative estimate of drug-likeness (QED) is 0.655. The topological polar surface area (TPSA) is 29.1 Å². The highest BCUT2D eigenvalue weighted by Gasteiger charge is 1.98. The van der Waals surface area contributed by atoms with Crippen LogP contribution in [0.1, 0.15) is 6.42 Å². The SMILES string of the molecule is C#CCC(=O)Nc1ccc(I)cc1. The Morgan fingerprint density at radius 1 is 1.46 bits per heavy atom. The maximum Gasteiger partial charge on any atom is 0.236 e. The molecule has 1 N–H and O–H groups in total. The van der Waals surface area contributed by atoms with Crippen LogP contribution in [0.5, 0.6) is 0 Å². The number of anilines is 1. The number of hydrogen-bond donors (Lipinski definition) is 1. The summed E-state index contributed by atoms with van der Waals surface area (Å²) in [5.41, 5.74) is 0.778. The summed E-state index contributed by atoms with van der Waals surface area (Å²) in [4.78, 5) is 11.0. The number of benzene rings is 1. The van der Waals surface area contributed by atoms with Gasteiger partial charge in [0.25, 0.3) is 0 Å². The summed E-state index contributed by atoms with van der Waals surface area (Å²) in [5.74, 6) is 2.14. The first-order valence-electron chi connectivity index (χ1n) is 3.71. The molecule has 0 saturated heterocycles. The van der Waals surface area contributed by atoms with E-state index in [1.165, 1.54) is 0 Å². The summed E-state index contributed by atoms with van der Waals surface area (Å²) >= 11 is 2.20. The lowest BCUT2D eigenvalue weighted by Gasteiger charge is -2.01. The molecule has 0 aliphatic heterocycles. The molecule has 1 aromatic carbocycles. The van der Waals surface area contributed by atoms with E-state index in [1.807, 2.05) is 24.3 Å². The largest absolute Gasteiger partial charge is 0.325 e. The third-order valence-corrected chi connectivity index (χ3v) is 2.11. The van der Waals surface area contributed by atoms with Gasteiger partial charge in [-0.25, -0.2) is 0 Å². The smallest absolute Gasteiger partial charge is 0.236 e. The van der Waals surface area contributed by atoms with Crippen LogP contribution in [0.2, 0.25) is 0 Å². The fraction of sp³-hybridized carbons (Fsp3) is 0.100. The maximum atomic E-state index is 11.0. The van der Waals surface area contributed by atoms with Gasteiger partial charge in [0.15, 0.2) is 0 Å². The minimum atomic E-state index is -0.149. The minimum Gasteiger partial charge on any atom is -0.325 e. The van der Waals surface area contributed by atoms with Crippen molar-refractivity contribution in [3.63, 3.8) is 0 Å². The molecule has 0 aromatic heterocycles. The molecule has 13 heavy (non-hydrogen) atoms. The van der Waals surface area contributed by atoms with Crippen LogP contribution in [0.25, 0.3) is 0 Å². The van der Waals surface area contributed by atoms with E-state index in [0.717, 1.165) is 9.26 Å². The monoisotopic (exact) mass is 285 g/mol. The molecule has 1 aromatic rings. The van der Waals surface area contributed by atoms with Crippen LogP contribution in [0.4, 0.5) is 5.69 Å². The average Bonchev–Trinajstić information content (AvgIpc) is 2.09. The number of terminal acetylenes is 1. The zero-order valence-electron chi connectivity index (χ0n) is 6.88. The lowest BCUT2D eigenvalue weighted by molar-refractivity contribution is -0.115. The van der Waals surface area contributed by atoms with Gasteiger partial charge in [0.05, 0.1) is 6.42 Å². The van der Waals surface area contributed by atoms with Crippen LogP contribution in [-0.4, -0.2) is 5.91 Å². The van der Waals surface area contributed by atoms with Gasteiger partial charge in [0, 0.05) is 9.26 Å². The highest BCUT2D eigenvalue weighted by Crippen LogP contribution is 2.10. The van der Waals surface area contributed by atoms with Crippen LogP contribution >= 0.6 is 22.6 Å². The number of carbonyl (C=O) groups excluding carboxylic acids is 1. The van der Waals surface area contributed by atoms with E-state index >= 15 is 0 Å². The van der Waals surface area contributed by atoms with Crippen molar-refractivity contribution in [1.82, 2.24) is 0 Å². The third kappa shape index (κ3) is 3.47. The molecule has 66 valence electrons. The Morgan fingerprint density at radius 2 is 2.08 bits per heavy atom. The Balaban J connectivity index is 2.60. The molecule has 0 aliphatic rings. The Hall–Kier alpha value is -1.02. The van der Waals surface area contributed by atoms with Crippen molar-refractivity contribution in [2.75, 3.05) is 5.32 Å². The van der Waals surface area contributed by atoms with Gasteiger partial charge < -0.3 is 5.32 Å². The van der Waals surface area contributed by atoms with Crippen molar-refractivity contribution in [3.05, 3.63) is 27.8 Å². The zero-order chi connectivity index (χ0) is 9.68. The minimum absolute atomic E-state index is 0.117. The molecule has 0 fully saturated rings. The number of carbonyl (C=O) groups is 1. The Morgan fingerprint density at radius 3 is 2.62 bits per heavy atom. The van der Waals surface area contributed by atoms with Crippen molar-refractivity contribution in [1.29, 1.82) is 0 Å². The standard InChI is InChI=1S/C10H8INO/c1-2-3-10(13)12-9-6-4-8(11)5-7-9/h1,4-7H,3H2,(H,12,13). The van der Waals surface area contributed by atoms with E-state index in [9.17, 15) is 4.79 Å². The van der Waals surface area contributed by atoms with E-state index in [0.29, 0.717) is 0 Å². The first kappa shape index (κ1) is 10.1. The molecule has 2 nitrogen and oxygen atoms in total. The van der Waals surface area contributed by atoms with Crippen molar-refractivity contribution >= 4 is 34.2 Å². The molecule has 1 rings (SSSR count). The molecule has 0 spiro atoms. The van der Waals surface area contributed by atoms with Gasteiger partial charge >= 0.3 is 0 Å². The predicted molar refractivity (Wildman–Crippen MR) is 61.2 cm³/mol. The molecule has 3 heteroatoms. The molecule has 0 saturated carbocycles. The van der Waals surface area contributed by atoms with Gasteiger partial charge in [-0.15, -0.1) is 6.42 Å². The molecule has 0 atom stereocenters. The van der Waals surface area contributed by atoms with E-state index in [1.54, 1.807) is 0 Å². The summed E-state index contributed by atoms with van der Waals surface area (Å²) in [6, 6.07) is 7.53. The van der Waals surface area contributed by atoms with Crippen molar-refractivity contribution in [3.8, 4) is 12.3 Å². The summed E-state index contributed by atoms with van der Waals surface area (Å²) in [7, 11) is 0. The second-order valence-corrected chi connectivity index (χ2v) is 3.68. The van der Waals surface area contributed by atoms with Crippen molar-refractivity contribution in [2.24, 2.45) is 0 Å². The first-order valence-corrected chi connectivity index (χ1v) is 4.79. The zero-order valence-corrected chi connectivity index (χ0v) is 9.04. The first-order chi connectivity index (χ1) is 6.22. The van der Waals surface area contributed by atoms with Crippen LogP contribution in [0, 0.1) is 15.9 Å². The molecule has 0 radical (unpaired) electrons. The fourth-order valence-corrected chi connectivity index (χ4v) is 1.19. The molecule has 0 unspecified atom stereocenters. The van der Waals surface area contributed by atoms with E-state index < -0.39 is 0 Å². The molecule has 0 heterocycles. The summed E-state index contributed by atoms with van der Waals surface area (Å²) in [5, 5.41) is 2.69. The van der Waals surface area contributed by atoms with Crippen molar-refractivity contribution < 1.29 is 4.79 Å². The number of amides is 1. The van der Waals surface area contributed by atoms with Crippen LogP contribution < -0.4 is 5.32 Å². The fourth-order valence-electron chi connectivity index (χ4n) is 0.831. The van der Waals surface area contributed by atoms with Crippen LogP contribution in [0.3, 0.4) is 0 Å². The lowest BCUT2D eigenvalue weighted by Crippen LogP contribution is -2.09. The second kappa shape index (κ2) is 4.87. The van der Waals surface area contributed by atoms with Gasteiger partial charge in [-0.05, 0) is 46.9 Å². The Labute approximate surface area is 90.9 Å². The van der Waals surface area contributed by atoms with E-state index in [4.69, 9.17) is 6.42 Å². The van der Waals surface area contributed by atoms with Gasteiger partial charge in [-0.3, -0.25) is 4.79 Å². The second-order valence-electron chi connectivity index (χ2n) is 2.44. The molecule has 0 aliphatic carbocycles. The summed E-state index contributed by atoms with van der Waals surface area (Å²) in [6.45, 7) is 0. The predicted octanol–water partition coefficient (Wildman–Crippen LogP) is 2.25. The number of rotatable bonds is 2.